The van der Waals surface area contributed by atoms with E-state index < -0.39 is 18.3 Å². The molecule has 2 aliphatic rings. The number of nitrogens with zero attached hydrogens (tertiary/aromatic N) is 2. The molecule has 6 nitrogen and oxygen atoms in total. The lowest BCUT2D eigenvalue weighted by atomic mass is 9.79. The molecule has 0 unspecified atom stereocenters. The molecule has 1 aliphatic heterocycles. The van der Waals surface area contributed by atoms with E-state index in [1.165, 1.54) is 6.07 Å². The molecule has 2 aromatic rings. The van der Waals surface area contributed by atoms with Crippen molar-refractivity contribution in [3.05, 3.63) is 24.3 Å². The Morgan fingerprint density at radius 2 is 1.82 bits per heavy atom. The molecule has 1 N–H and O–H groups in total. The van der Waals surface area contributed by atoms with Crippen LogP contribution in [0.1, 0.15) is 59.4 Å². The van der Waals surface area contributed by atoms with Gasteiger partial charge in [0.15, 0.2) is 0 Å². The molecule has 1 saturated heterocycles. The predicted molar refractivity (Wildman–Crippen MR) is 105 cm³/mol. The molecule has 0 bridgehead atoms. The highest BCUT2D eigenvalue weighted by Gasteiger charge is 2.52. The van der Waals surface area contributed by atoms with Gasteiger partial charge in [0.2, 0.25) is 0 Å². The van der Waals surface area contributed by atoms with Gasteiger partial charge >= 0.3 is 7.12 Å². The van der Waals surface area contributed by atoms with Crippen molar-refractivity contribution in [3.8, 4) is 0 Å². The SMILES string of the molecule is CC1(C)OB(c2cc(F)c3c(c2)ncn3C2CCC(OCO)CC2)OC1(C)C. The van der Waals surface area contributed by atoms with Gasteiger partial charge < -0.3 is 23.7 Å². The highest BCUT2D eigenvalue weighted by Crippen LogP contribution is 2.37. The molecule has 4 rings (SSSR count). The van der Waals surface area contributed by atoms with Crippen LogP contribution < -0.4 is 5.46 Å². The Hall–Kier alpha value is -1.48. The van der Waals surface area contributed by atoms with Gasteiger partial charge in [-0.1, -0.05) is 0 Å². The van der Waals surface area contributed by atoms with Crippen molar-refractivity contribution in [1.29, 1.82) is 0 Å². The van der Waals surface area contributed by atoms with Crippen molar-refractivity contribution in [2.45, 2.75) is 76.7 Å². The van der Waals surface area contributed by atoms with Crippen molar-refractivity contribution >= 4 is 23.6 Å². The highest BCUT2D eigenvalue weighted by atomic mass is 19.1. The van der Waals surface area contributed by atoms with Gasteiger partial charge in [0.1, 0.15) is 18.1 Å². The largest absolute Gasteiger partial charge is 0.495 e. The number of ether oxygens (including phenoxy) is 1. The van der Waals surface area contributed by atoms with E-state index in [2.05, 4.69) is 4.98 Å². The molecular weight excluding hydrogens is 362 g/mol. The number of fused-ring (bicyclic) bond motifs is 1. The molecule has 152 valence electrons. The lowest BCUT2D eigenvalue weighted by molar-refractivity contribution is -0.0662. The van der Waals surface area contributed by atoms with E-state index in [-0.39, 0.29) is 24.8 Å². The zero-order chi connectivity index (χ0) is 20.1. The van der Waals surface area contributed by atoms with E-state index in [1.54, 1.807) is 6.33 Å². The van der Waals surface area contributed by atoms with Crippen LogP contribution in [0.2, 0.25) is 0 Å². The number of aromatic nitrogens is 2. The van der Waals surface area contributed by atoms with Crippen LogP contribution >= 0.6 is 0 Å². The van der Waals surface area contributed by atoms with Gasteiger partial charge in [0.05, 0.1) is 29.2 Å². The van der Waals surface area contributed by atoms with Crippen LogP contribution in [0.15, 0.2) is 18.5 Å². The topological polar surface area (TPSA) is 65.7 Å². The zero-order valence-electron chi connectivity index (χ0n) is 16.9. The van der Waals surface area contributed by atoms with Gasteiger partial charge in [-0.15, -0.1) is 0 Å². The summed E-state index contributed by atoms with van der Waals surface area (Å²) in [7, 11) is -0.611. The number of aliphatic hydroxyl groups excluding tert-OH is 1. The summed E-state index contributed by atoms with van der Waals surface area (Å²) in [5, 5.41) is 8.92. The number of halogens is 1. The number of rotatable bonds is 4. The Morgan fingerprint density at radius 3 is 2.43 bits per heavy atom. The Morgan fingerprint density at radius 1 is 1.18 bits per heavy atom. The first-order chi connectivity index (χ1) is 13.2. The number of benzene rings is 1. The van der Waals surface area contributed by atoms with Gasteiger partial charge in [0, 0.05) is 6.04 Å². The van der Waals surface area contributed by atoms with Crippen LogP contribution in [-0.2, 0) is 14.0 Å². The number of aliphatic hydroxyl groups is 1. The zero-order valence-corrected chi connectivity index (χ0v) is 16.9. The highest BCUT2D eigenvalue weighted by molar-refractivity contribution is 6.62. The van der Waals surface area contributed by atoms with Gasteiger partial charge in [-0.2, -0.15) is 0 Å². The summed E-state index contributed by atoms with van der Waals surface area (Å²) in [6.07, 6.45) is 5.23. The molecule has 1 saturated carbocycles. The van der Waals surface area contributed by atoms with Crippen molar-refractivity contribution < 1.29 is 23.5 Å². The lowest BCUT2D eigenvalue weighted by Crippen LogP contribution is -2.41. The fourth-order valence-corrected chi connectivity index (χ4v) is 4.13. The molecule has 2 heterocycles. The summed E-state index contributed by atoms with van der Waals surface area (Å²) in [6.45, 7) is 7.67. The van der Waals surface area contributed by atoms with E-state index in [1.807, 2.05) is 38.3 Å². The van der Waals surface area contributed by atoms with Gasteiger partial charge in [-0.25, -0.2) is 9.37 Å². The maximum absolute atomic E-state index is 15.1. The second kappa shape index (κ2) is 7.09. The normalized spacial score (nSPS) is 26.9. The maximum atomic E-state index is 15.1. The minimum Gasteiger partial charge on any atom is -0.399 e. The summed E-state index contributed by atoms with van der Waals surface area (Å²) < 4.78 is 34.4. The third-order valence-corrected chi connectivity index (χ3v) is 6.52. The fraction of sp³-hybridized carbons (Fsp3) is 0.650. The fourth-order valence-electron chi connectivity index (χ4n) is 4.13. The van der Waals surface area contributed by atoms with Crippen LogP contribution in [0.3, 0.4) is 0 Å². The number of hydrogen-bond donors (Lipinski definition) is 1. The quantitative estimate of drug-likeness (QED) is 0.643. The molecule has 8 heteroatoms. The summed E-state index contributed by atoms with van der Waals surface area (Å²) in [5.74, 6) is -0.312. The smallest absolute Gasteiger partial charge is 0.399 e. The Labute approximate surface area is 165 Å². The molecule has 1 aromatic heterocycles. The van der Waals surface area contributed by atoms with Gasteiger partial charge in [-0.3, -0.25) is 0 Å². The maximum Gasteiger partial charge on any atom is 0.495 e. The van der Waals surface area contributed by atoms with Crippen molar-refractivity contribution in [2.75, 3.05) is 6.79 Å². The molecule has 0 atom stereocenters. The molecule has 28 heavy (non-hydrogen) atoms. The van der Waals surface area contributed by atoms with E-state index in [0.717, 1.165) is 25.7 Å². The van der Waals surface area contributed by atoms with E-state index in [0.29, 0.717) is 16.5 Å². The number of hydrogen-bond acceptors (Lipinski definition) is 5. The van der Waals surface area contributed by atoms with Crippen LogP contribution in [-0.4, -0.2) is 45.9 Å². The van der Waals surface area contributed by atoms with Crippen molar-refractivity contribution in [3.63, 3.8) is 0 Å². The van der Waals surface area contributed by atoms with Crippen LogP contribution in [0.5, 0.6) is 0 Å². The summed E-state index contributed by atoms with van der Waals surface area (Å²) >= 11 is 0. The van der Waals surface area contributed by atoms with Gasteiger partial charge in [0.25, 0.3) is 0 Å². The van der Waals surface area contributed by atoms with Crippen molar-refractivity contribution in [2.24, 2.45) is 0 Å². The molecular formula is C20H28BFN2O4. The Bertz CT molecular complexity index is 845. The Kier molecular flexibility index (Phi) is 5.02. The molecule has 2 fully saturated rings. The van der Waals surface area contributed by atoms with Crippen molar-refractivity contribution in [1.82, 2.24) is 9.55 Å². The summed E-state index contributed by atoms with van der Waals surface area (Å²) in [5.41, 5.74) is 0.828. The molecule has 1 aliphatic carbocycles. The third kappa shape index (κ3) is 3.36. The standard InChI is InChI=1S/C20H28BFN2O4/c1-19(2)20(3,4)28-21(27-19)13-9-16(22)18-17(10-13)23-11-24(18)14-5-7-15(8-6-14)26-12-25/h9-11,14-15,25H,5-8,12H2,1-4H3. The van der Waals surface area contributed by atoms with Crippen LogP contribution in [0.4, 0.5) is 4.39 Å². The second-order valence-corrected chi connectivity index (χ2v) is 8.84. The molecule has 0 amide bonds. The average molecular weight is 390 g/mol. The summed E-state index contributed by atoms with van der Waals surface area (Å²) in [4.78, 5) is 4.46. The minimum absolute atomic E-state index is 0.0795. The average Bonchev–Trinajstić information content (AvgIpc) is 3.14. The van der Waals surface area contributed by atoms with Gasteiger partial charge in [-0.05, 0) is 71.0 Å². The predicted octanol–water partition coefficient (Wildman–Crippen LogP) is 2.92. The molecule has 1 aromatic carbocycles. The second-order valence-electron chi connectivity index (χ2n) is 8.84. The lowest BCUT2D eigenvalue weighted by Gasteiger charge is -2.32. The molecule has 0 spiro atoms. The van der Waals surface area contributed by atoms with E-state index in [9.17, 15) is 0 Å². The van der Waals surface area contributed by atoms with E-state index in [4.69, 9.17) is 19.2 Å². The number of imidazole rings is 1. The monoisotopic (exact) mass is 390 g/mol. The van der Waals surface area contributed by atoms with E-state index >= 15 is 4.39 Å². The van der Waals surface area contributed by atoms with Crippen LogP contribution in [0, 0.1) is 5.82 Å². The van der Waals surface area contributed by atoms with Crippen LogP contribution in [0.25, 0.3) is 11.0 Å². The first kappa shape index (κ1) is 19.8. The first-order valence-electron chi connectivity index (χ1n) is 9.96. The Balaban J connectivity index is 1.59. The first-order valence-corrected chi connectivity index (χ1v) is 9.96. The minimum atomic E-state index is -0.611. The third-order valence-electron chi connectivity index (χ3n) is 6.52. The molecule has 0 radical (unpaired) electrons. The summed E-state index contributed by atoms with van der Waals surface area (Å²) in [6, 6.07) is 3.54.